The molecule has 25 heavy (non-hydrogen) atoms. The fraction of sp³-hybridized carbons (Fsp3) is 0.714. The van der Waals surface area contributed by atoms with E-state index in [4.69, 9.17) is 4.43 Å². The standard InChI is InChI=1S/C21H37NO2Si/c1-21(2,3)25(5,6)24-14-10-13-18-16-20(23)19(22(18)4)15-17-11-8-7-9-12-17/h7-9,11-12,18-20,23H,10,13-16H2,1-6H3/t18-,19+,20+/m1/s1. The minimum atomic E-state index is -1.64. The van der Waals surface area contributed by atoms with Gasteiger partial charge in [0.05, 0.1) is 6.10 Å². The quantitative estimate of drug-likeness (QED) is 0.573. The second-order valence-electron chi connectivity index (χ2n) is 9.13. The van der Waals surface area contributed by atoms with Crippen molar-refractivity contribution in [3.63, 3.8) is 0 Å². The Morgan fingerprint density at radius 2 is 1.84 bits per heavy atom. The van der Waals surface area contributed by atoms with Crippen LogP contribution in [0.1, 0.15) is 45.6 Å². The number of hydrogen-bond donors (Lipinski definition) is 1. The van der Waals surface area contributed by atoms with Crippen LogP contribution in [0.25, 0.3) is 0 Å². The number of nitrogens with zero attached hydrogens (tertiary/aromatic N) is 1. The summed E-state index contributed by atoms with van der Waals surface area (Å²) in [6.45, 7) is 12.3. The summed E-state index contributed by atoms with van der Waals surface area (Å²) in [5, 5.41) is 10.8. The Morgan fingerprint density at radius 1 is 1.20 bits per heavy atom. The van der Waals surface area contributed by atoms with Crippen LogP contribution < -0.4 is 0 Å². The predicted molar refractivity (Wildman–Crippen MR) is 108 cm³/mol. The second kappa shape index (κ2) is 8.34. The van der Waals surface area contributed by atoms with Gasteiger partial charge in [0.15, 0.2) is 8.32 Å². The Morgan fingerprint density at radius 3 is 2.44 bits per heavy atom. The molecule has 4 heteroatoms. The first-order chi connectivity index (χ1) is 11.6. The van der Waals surface area contributed by atoms with Gasteiger partial charge in [0, 0.05) is 18.7 Å². The lowest BCUT2D eigenvalue weighted by molar-refractivity contribution is 0.122. The van der Waals surface area contributed by atoms with Gasteiger partial charge < -0.3 is 9.53 Å². The van der Waals surface area contributed by atoms with Crippen LogP contribution in [-0.4, -0.2) is 50.2 Å². The first-order valence-electron chi connectivity index (χ1n) is 9.70. The summed E-state index contributed by atoms with van der Waals surface area (Å²) in [6.07, 6.45) is 3.76. The average Bonchev–Trinajstić information content (AvgIpc) is 2.79. The third-order valence-corrected chi connectivity index (χ3v) is 10.8. The van der Waals surface area contributed by atoms with Gasteiger partial charge in [-0.2, -0.15) is 0 Å². The van der Waals surface area contributed by atoms with E-state index in [2.05, 4.69) is 70.1 Å². The van der Waals surface area contributed by atoms with E-state index in [1.54, 1.807) is 0 Å². The number of rotatable bonds is 7. The highest BCUT2D eigenvalue weighted by Crippen LogP contribution is 2.36. The van der Waals surface area contributed by atoms with Crippen molar-refractivity contribution in [2.45, 2.75) is 82.8 Å². The lowest BCUT2D eigenvalue weighted by Gasteiger charge is -2.36. The number of benzene rings is 1. The summed E-state index contributed by atoms with van der Waals surface area (Å²) in [4.78, 5) is 2.39. The van der Waals surface area contributed by atoms with Gasteiger partial charge in [-0.3, -0.25) is 4.90 Å². The zero-order chi connectivity index (χ0) is 18.7. The number of likely N-dealkylation sites (N-methyl/N-ethyl adjacent to an activating group) is 1. The van der Waals surface area contributed by atoms with Gasteiger partial charge in [-0.05, 0) is 56.4 Å². The number of likely N-dealkylation sites (tertiary alicyclic amines) is 1. The third-order valence-electron chi connectivity index (χ3n) is 6.30. The van der Waals surface area contributed by atoms with Crippen LogP contribution >= 0.6 is 0 Å². The molecule has 2 rings (SSSR count). The van der Waals surface area contributed by atoms with Gasteiger partial charge in [0.25, 0.3) is 0 Å². The van der Waals surface area contributed by atoms with E-state index in [1.165, 1.54) is 5.56 Å². The maximum Gasteiger partial charge on any atom is 0.191 e. The van der Waals surface area contributed by atoms with E-state index in [0.29, 0.717) is 6.04 Å². The van der Waals surface area contributed by atoms with Crippen LogP contribution in [0.2, 0.25) is 18.1 Å². The summed E-state index contributed by atoms with van der Waals surface area (Å²) in [6, 6.07) is 11.2. The van der Waals surface area contributed by atoms with Crippen LogP contribution in [0.15, 0.2) is 30.3 Å². The number of hydrogen-bond acceptors (Lipinski definition) is 3. The van der Waals surface area contributed by atoms with Gasteiger partial charge in [-0.25, -0.2) is 0 Å². The van der Waals surface area contributed by atoms with Gasteiger partial charge >= 0.3 is 0 Å². The molecule has 1 heterocycles. The first-order valence-corrected chi connectivity index (χ1v) is 12.6. The van der Waals surface area contributed by atoms with E-state index in [-0.39, 0.29) is 17.2 Å². The smallest absolute Gasteiger partial charge is 0.191 e. The van der Waals surface area contributed by atoms with Crippen molar-refractivity contribution in [1.82, 2.24) is 4.90 Å². The van der Waals surface area contributed by atoms with Crippen LogP contribution in [0, 0.1) is 0 Å². The first kappa shape index (κ1) is 20.6. The second-order valence-corrected chi connectivity index (χ2v) is 13.9. The summed E-state index contributed by atoms with van der Waals surface area (Å²) < 4.78 is 6.30. The molecule has 0 bridgehead atoms. The van der Waals surface area contributed by atoms with Crippen LogP contribution in [0.5, 0.6) is 0 Å². The maximum absolute atomic E-state index is 10.5. The number of aliphatic hydroxyl groups excluding tert-OH is 1. The molecular formula is C21H37NO2Si. The van der Waals surface area contributed by atoms with E-state index < -0.39 is 8.32 Å². The topological polar surface area (TPSA) is 32.7 Å². The van der Waals surface area contributed by atoms with E-state index >= 15 is 0 Å². The summed E-state index contributed by atoms with van der Waals surface area (Å²) in [5.74, 6) is 0. The molecule has 1 fully saturated rings. The van der Waals surface area contributed by atoms with Crippen molar-refractivity contribution in [3.05, 3.63) is 35.9 Å². The van der Waals surface area contributed by atoms with Crippen LogP contribution in [0.3, 0.4) is 0 Å². The fourth-order valence-electron chi connectivity index (χ4n) is 3.46. The molecule has 1 aromatic carbocycles. The maximum atomic E-state index is 10.5. The van der Waals surface area contributed by atoms with Crippen molar-refractivity contribution in [2.75, 3.05) is 13.7 Å². The zero-order valence-corrected chi connectivity index (χ0v) is 18.0. The largest absolute Gasteiger partial charge is 0.417 e. The SMILES string of the molecule is CN1[C@H](CCCO[Si](C)(C)C(C)(C)C)C[C@H](O)[C@@H]1Cc1ccccc1. The minimum absolute atomic E-state index is 0.225. The van der Waals surface area contributed by atoms with Crippen molar-refractivity contribution in [1.29, 1.82) is 0 Å². The van der Waals surface area contributed by atoms with Crippen molar-refractivity contribution in [3.8, 4) is 0 Å². The third kappa shape index (κ3) is 5.39. The molecule has 0 saturated carbocycles. The Balaban J connectivity index is 1.80. The highest BCUT2D eigenvalue weighted by atomic mass is 28.4. The molecule has 0 amide bonds. The molecule has 3 atom stereocenters. The highest BCUT2D eigenvalue weighted by Gasteiger charge is 2.38. The molecule has 0 unspecified atom stereocenters. The molecule has 142 valence electrons. The Hall–Kier alpha value is -0.683. The van der Waals surface area contributed by atoms with Crippen molar-refractivity contribution >= 4 is 8.32 Å². The zero-order valence-electron chi connectivity index (χ0n) is 17.0. The van der Waals surface area contributed by atoms with Crippen molar-refractivity contribution in [2.24, 2.45) is 0 Å². The van der Waals surface area contributed by atoms with Crippen LogP contribution in [-0.2, 0) is 10.8 Å². The monoisotopic (exact) mass is 363 g/mol. The Kier molecular flexibility index (Phi) is 6.88. The Bertz CT molecular complexity index is 526. The van der Waals surface area contributed by atoms with E-state index in [1.807, 2.05) is 6.07 Å². The molecule has 0 spiro atoms. The number of aliphatic hydroxyl groups is 1. The van der Waals surface area contributed by atoms with Crippen molar-refractivity contribution < 1.29 is 9.53 Å². The molecule has 0 aliphatic carbocycles. The highest BCUT2D eigenvalue weighted by molar-refractivity contribution is 6.74. The summed E-state index contributed by atoms with van der Waals surface area (Å²) in [5.41, 5.74) is 1.31. The molecule has 1 aliphatic rings. The molecular weight excluding hydrogens is 326 g/mol. The fourth-order valence-corrected chi connectivity index (χ4v) is 4.55. The van der Waals surface area contributed by atoms with Gasteiger partial charge in [-0.15, -0.1) is 0 Å². The predicted octanol–water partition coefficient (Wildman–Crippen LogP) is 4.46. The molecule has 0 radical (unpaired) electrons. The lowest BCUT2D eigenvalue weighted by atomic mass is 10.0. The molecule has 1 aliphatic heterocycles. The van der Waals surface area contributed by atoms with Crippen LogP contribution in [0.4, 0.5) is 0 Å². The summed E-state index contributed by atoms with van der Waals surface area (Å²) >= 11 is 0. The van der Waals surface area contributed by atoms with Gasteiger partial charge in [0.1, 0.15) is 0 Å². The van der Waals surface area contributed by atoms with Gasteiger partial charge in [-0.1, -0.05) is 51.1 Å². The minimum Gasteiger partial charge on any atom is -0.417 e. The summed E-state index contributed by atoms with van der Waals surface area (Å²) in [7, 11) is 0.530. The normalized spacial score (nSPS) is 25.5. The van der Waals surface area contributed by atoms with E-state index in [9.17, 15) is 5.11 Å². The Labute approximate surface area is 155 Å². The lowest BCUT2D eigenvalue weighted by Crippen LogP contribution is -2.41. The molecule has 0 aromatic heterocycles. The molecule has 1 N–H and O–H groups in total. The molecule has 1 aromatic rings. The average molecular weight is 364 g/mol. The van der Waals surface area contributed by atoms with E-state index in [0.717, 1.165) is 32.3 Å². The molecule has 3 nitrogen and oxygen atoms in total. The van der Waals surface area contributed by atoms with Gasteiger partial charge in [0.2, 0.25) is 0 Å². The molecule has 1 saturated heterocycles.